The third-order valence-corrected chi connectivity index (χ3v) is 3.77. The molecule has 0 aliphatic carbocycles. The molecule has 3 rings (SSSR count). The van der Waals surface area contributed by atoms with Crippen molar-refractivity contribution in [2.24, 2.45) is 0 Å². The SMILES string of the molecule is O=C(O)CCCCCN1C(=O)C=CC1=O.c1ccc(-c2ccccn2)nc1. The van der Waals surface area contributed by atoms with Crippen LogP contribution in [0.2, 0.25) is 0 Å². The van der Waals surface area contributed by atoms with Crippen molar-refractivity contribution in [3.05, 3.63) is 60.9 Å². The van der Waals surface area contributed by atoms with E-state index in [1.807, 2.05) is 36.4 Å². The molecule has 0 saturated carbocycles. The number of hydrogen-bond acceptors (Lipinski definition) is 5. The predicted octanol–water partition coefficient (Wildman–Crippen LogP) is 2.70. The Morgan fingerprint density at radius 2 is 1.41 bits per heavy atom. The van der Waals surface area contributed by atoms with Crippen LogP contribution >= 0.6 is 0 Å². The van der Waals surface area contributed by atoms with Crippen molar-refractivity contribution >= 4 is 17.8 Å². The van der Waals surface area contributed by atoms with Gasteiger partial charge in [-0.2, -0.15) is 0 Å². The summed E-state index contributed by atoms with van der Waals surface area (Å²) in [4.78, 5) is 41.9. The third kappa shape index (κ3) is 6.81. The molecule has 1 aliphatic rings. The maximum absolute atomic E-state index is 11.1. The van der Waals surface area contributed by atoms with E-state index < -0.39 is 5.97 Å². The van der Waals surface area contributed by atoms with Crippen LogP contribution in [-0.4, -0.2) is 44.3 Å². The van der Waals surface area contributed by atoms with Gasteiger partial charge in [-0.25, -0.2) is 0 Å². The zero-order valence-corrected chi connectivity index (χ0v) is 14.8. The van der Waals surface area contributed by atoms with E-state index in [0.717, 1.165) is 11.4 Å². The molecule has 0 unspecified atom stereocenters. The largest absolute Gasteiger partial charge is 0.481 e. The first-order valence-corrected chi connectivity index (χ1v) is 8.65. The lowest BCUT2D eigenvalue weighted by Gasteiger charge is -2.12. The Hall–Kier alpha value is -3.35. The summed E-state index contributed by atoms with van der Waals surface area (Å²) in [6, 6.07) is 11.6. The van der Waals surface area contributed by atoms with Crippen LogP contribution in [0.15, 0.2) is 60.9 Å². The Kier molecular flexibility index (Phi) is 7.84. The van der Waals surface area contributed by atoms with Gasteiger partial charge in [-0.3, -0.25) is 29.3 Å². The smallest absolute Gasteiger partial charge is 0.303 e. The van der Waals surface area contributed by atoms with Crippen LogP contribution in [0.4, 0.5) is 0 Å². The van der Waals surface area contributed by atoms with Crippen LogP contribution < -0.4 is 0 Å². The van der Waals surface area contributed by atoms with Crippen LogP contribution in [0.25, 0.3) is 11.4 Å². The first-order chi connectivity index (χ1) is 13.1. The highest BCUT2D eigenvalue weighted by atomic mass is 16.4. The molecule has 1 aliphatic heterocycles. The van der Waals surface area contributed by atoms with Gasteiger partial charge in [-0.15, -0.1) is 0 Å². The number of pyridine rings is 2. The Bertz CT molecular complexity index is 736. The molecule has 0 bridgehead atoms. The number of rotatable bonds is 7. The predicted molar refractivity (Wildman–Crippen MR) is 99.4 cm³/mol. The monoisotopic (exact) mass is 367 g/mol. The second kappa shape index (κ2) is 10.6. The Morgan fingerprint density at radius 3 is 1.85 bits per heavy atom. The molecule has 0 fully saturated rings. The van der Waals surface area contributed by atoms with Crippen molar-refractivity contribution in [1.82, 2.24) is 14.9 Å². The van der Waals surface area contributed by atoms with E-state index in [1.165, 1.54) is 17.1 Å². The number of carboxylic acid groups (broad SMARTS) is 1. The van der Waals surface area contributed by atoms with Crippen molar-refractivity contribution in [3.63, 3.8) is 0 Å². The van der Waals surface area contributed by atoms with E-state index >= 15 is 0 Å². The number of carbonyl (C=O) groups is 3. The minimum atomic E-state index is -0.815. The topological polar surface area (TPSA) is 100 Å². The van der Waals surface area contributed by atoms with Gasteiger partial charge in [-0.05, 0) is 37.1 Å². The first kappa shape index (κ1) is 20.0. The minimum Gasteiger partial charge on any atom is -0.481 e. The molecule has 1 N–H and O–H groups in total. The summed E-state index contributed by atoms with van der Waals surface area (Å²) in [7, 11) is 0. The van der Waals surface area contributed by atoms with Crippen molar-refractivity contribution in [3.8, 4) is 11.4 Å². The molecular formula is C20H21N3O4. The number of imide groups is 1. The van der Waals surface area contributed by atoms with Gasteiger partial charge in [0, 0.05) is 37.5 Å². The lowest BCUT2D eigenvalue weighted by Crippen LogP contribution is -2.30. The highest BCUT2D eigenvalue weighted by molar-refractivity contribution is 6.12. The van der Waals surface area contributed by atoms with Crippen LogP contribution in [0, 0.1) is 0 Å². The summed E-state index contributed by atoms with van der Waals surface area (Å²) in [6.07, 6.45) is 8.13. The van der Waals surface area contributed by atoms with Crippen LogP contribution in [-0.2, 0) is 14.4 Å². The fraction of sp³-hybridized carbons (Fsp3) is 0.250. The van der Waals surface area contributed by atoms with Crippen LogP contribution in [0.3, 0.4) is 0 Å². The molecule has 0 aromatic carbocycles. The van der Waals surface area contributed by atoms with Crippen LogP contribution in [0.5, 0.6) is 0 Å². The highest BCUT2D eigenvalue weighted by Crippen LogP contribution is 2.11. The summed E-state index contributed by atoms with van der Waals surface area (Å²) >= 11 is 0. The second-order valence-electron chi connectivity index (χ2n) is 5.80. The average molecular weight is 367 g/mol. The van der Waals surface area contributed by atoms with E-state index in [0.29, 0.717) is 25.8 Å². The second-order valence-corrected chi connectivity index (χ2v) is 5.80. The van der Waals surface area contributed by atoms with E-state index in [1.54, 1.807) is 12.4 Å². The van der Waals surface area contributed by atoms with Gasteiger partial charge in [-0.1, -0.05) is 18.6 Å². The third-order valence-electron chi connectivity index (χ3n) is 3.77. The van der Waals surface area contributed by atoms with Crippen molar-refractivity contribution in [2.45, 2.75) is 25.7 Å². The molecule has 0 saturated heterocycles. The summed E-state index contributed by atoms with van der Waals surface area (Å²) in [5, 5.41) is 8.38. The first-order valence-electron chi connectivity index (χ1n) is 8.65. The average Bonchev–Trinajstić information content (AvgIpc) is 3.01. The normalized spacial score (nSPS) is 12.7. The van der Waals surface area contributed by atoms with Gasteiger partial charge in [0.2, 0.25) is 0 Å². The number of carboxylic acids is 1. The van der Waals surface area contributed by atoms with E-state index in [2.05, 4.69) is 9.97 Å². The fourth-order valence-corrected chi connectivity index (χ4v) is 2.40. The highest BCUT2D eigenvalue weighted by Gasteiger charge is 2.22. The lowest BCUT2D eigenvalue weighted by molar-refractivity contribution is -0.138. The number of amides is 2. The summed E-state index contributed by atoms with van der Waals surface area (Å²) < 4.78 is 0. The maximum atomic E-state index is 11.1. The number of hydrogen-bond donors (Lipinski definition) is 1. The van der Waals surface area contributed by atoms with Gasteiger partial charge >= 0.3 is 5.97 Å². The maximum Gasteiger partial charge on any atom is 0.303 e. The Balaban J connectivity index is 0.000000198. The molecule has 2 aromatic heterocycles. The number of aliphatic carboxylic acids is 1. The standard InChI is InChI=1S/C10H8N2.C10H13NO4/c1-3-7-11-9(5-1)10-6-2-4-8-12-10;12-8-5-6-9(13)11(8)7-3-1-2-4-10(14)15/h1-8H;5-6H,1-4,7H2,(H,14,15). The molecule has 0 radical (unpaired) electrons. The van der Waals surface area contributed by atoms with Gasteiger partial charge in [0.15, 0.2) is 0 Å². The lowest BCUT2D eigenvalue weighted by atomic mass is 10.2. The molecule has 2 aromatic rings. The van der Waals surface area contributed by atoms with E-state index in [4.69, 9.17) is 5.11 Å². The van der Waals surface area contributed by atoms with Crippen molar-refractivity contribution < 1.29 is 19.5 Å². The molecule has 7 heteroatoms. The van der Waals surface area contributed by atoms with Gasteiger partial charge in [0.25, 0.3) is 11.8 Å². The zero-order valence-electron chi connectivity index (χ0n) is 14.8. The molecular weight excluding hydrogens is 346 g/mol. The van der Waals surface area contributed by atoms with Crippen molar-refractivity contribution in [2.75, 3.05) is 6.54 Å². The molecule has 3 heterocycles. The molecule has 27 heavy (non-hydrogen) atoms. The minimum absolute atomic E-state index is 0.139. The van der Waals surface area contributed by atoms with Gasteiger partial charge in [0.05, 0.1) is 11.4 Å². The number of nitrogens with zero attached hydrogens (tertiary/aromatic N) is 3. The molecule has 0 atom stereocenters. The van der Waals surface area contributed by atoms with Gasteiger partial charge in [0.1, 0.15) is 0 Å². The number of aromatic nitrogens is 2. The number of unbranched alkanes of at least 4 members (excludes halogenated alkanes) is 2. The Morgan fingerprint density at radius 1 is 0.852 bits per heavy atom. The quantitative estimate of drug-likeness (QED) is 0.596. The fourth-order valence-electron chi connectivity index (χ4n) is 2.40. The Labute approximate surface area is 157 Å². The van der Waals surface area contributed by atoms with E-state index in [9.17, 15) is 14.4 Å². The van der Waals surface area contributed by atoms with E-state index in [-0.39, 0.29) is 18.2 Å². The molecule has 7 nitrogen and oxygen atoms in total. The molecule has 0 spiro atoms. The molecule has 140 valence electrons. The summed E-state index contributed by atoms with van der Waals surface area (Å²) in [5.41, 5.74) is 1.83. The van der Waals surface area contributed by atoms with Crippen LogP contribution in [0.1, 0.15) is 25.7 Å². The zero-order chi connectivity index (χ0) is 19.5. The summed E-state index contributed by atoms with van der Waals surface area (Å²) in [5.74, 6) is -1.37. The van der Waals surface area contributed by atoms with Crippen molar-refractivity contribution in [1.29, 1.82) is 0 Å². The van der Waals surface area contributed by atoms with Gasteiger partial charge < -0.3 is 5.11 Å². The summed E-state index contributed by atoms with van der Waals surface area (Å²) in [6.45, 7) is 0.379. The number of carbonyl (C=O) groups excluding carboxylic acids is 2. The molecule has 2 amide bonds.